The fourth-order valence-electron chi connectivity index (χ4n) is 1.43. The van der Waals surface area contributed by atoms with E-state index in [1.165, 1.54) is 0 Å². The van der Waals surface area contributed by atoms with Crippen molar-refractivity contribution >= 4 is 16.7 Å². The third kappa shape index (κ3) is 1.22. The number of nitrogens with two attached hydrogens (primary N) is 1. The first kappa shape index (κ1) is 7.98. The molecule has 0 spiro atoms. The van der Waals surface area contributed by atoms with Gasteiger partial charge in [0, 0.05) is 11.6 Å². The van der Waals surface area contributed by atoms with Crippen molar-refractivity contribution in [1.29, 1.82) is 0 Å². The topological polar surface area (TPSA) is 42.8 Å². The predicted molar refractivity (Wildman–Crippen MR) is 52.0 cm³/mol. The van der Waals surface area contributed by atoms with E-state index >= 15 is 0 Å². The fraction of sp³-hybridized carbons (Fsp3) is 0.200. The number of hydrogen-bond donors (Lipinski definition) is 1. The maximum Gasteiger partial charge on any atom is 0.299 e. The van der Waals surface area contributed by atoms with Crippen molar-refractivity contribution in [2.45, 2.75) is 13.5 Å². The Hall–Kier alpha value is -1.64. The molecule has 0 radical (unpaired) electrons. The van der Waals surface area contributed by atoms with Crippen molar-refractivity contribution in [2.75, 3.05) is 5.73 Å². The minimum Gasteiger partial charge on any atom is -0.285 e. The molecule has 3 heteroatoms. The van der Waals surface area contributed by atoms with Gasteiger partial charge in [0.1, 0.15) is 0 Å². The van der Waals surface area contributed by atoms with E-state index in [0.29, 0.717) is 0 Å². The first-order valence-corrected chi connectivity index (χ1v) is 4.35. The molecule has 0 atom stereocenters. The molecule has 0 aromatic carbocycles. The number of hydrogen-bond acceptors (Lipinski definition) is 2. The zero-order valence-corrected chi connectivity index (χ0v) is 7.57. The van der Waals surface area contributed by atoms with Crippen LogP contribution >= 0.6 is 0 Å². The lowest BCUT2D eigenvalue weighted by Crippen LogP contribution is -2.35. The van der Waals surface area contributed by atoms with Crippen LogP contribution in [0, 0.1) is 0 Å². The molecule has 2 aromatic rings. The maximum atomic E-state index is 5.93. The summed E-state index contributed by atoms with van der Waals surface area (Å²) in [6.07, 6.45) is 3.75. The maximum absolute atomic E-state index is 5.93. The van der Waals surface area contributed by atoms with Gasteiger partial charge < -0.3 is 0 Å². The Labute approximate surface area is 76.8 Å². The normalized spacial score (nSPS) is 10.5. The molecule has 0 aliphatic heterocycles. The first-order chi connectivity index (χ1) is 6.33. The lowest BCUT2D eigenvalue weighted by Gasteiger charge is -2.01. The highest BCUT2D eigenvalue weighted by atomic mass is 15.0. The molecule has 0 amide bonds. The predicted octanol–water partition coefficient (Wildman–Crippen LogP) is 1.12. The third-order valence-corrected chi connectivity index (χ3v) is 2.17. The summed E-state index contributed by atoms with van der Waals surface area (Å²) in [7, 11) is 0. The number of aryl methyl sites for hydroxylation is 1. The molecule has 0 aliphatic carbocycles. The molecule has 66 valence electrons. The van der Waals surface area contributed by atoms with Crippen molar-refractivity contribution in [3.8, 4) is 0 Å². The Bertz CT molecular complexity index is 437. The summed E-state index contributed by atoms with van der Waals surface area (Å²) in [5.41, 5.74) is 6.81. The molecule has 0 bridgehead atoms. The van der Waals surface area contributed by atoms with Crippen molar-refractivity contribution in [3.05, 3.63) is 30.6 Å². The monoisotopic (exact) mass is 174 g/mol. The molecule has 0 saturated heterocycles. The van der Waals surface area contributed by atoms with Crippen LogP contribution in [0.5, 0.6) is 0 Å². The van der Waals surface area contributed by atoms with Crippen molar-refractivity contribution in [3.63, 3.8) is 0 Å². The van der Waals surface area contributed by atoms with E-state index in [0.717, 1.165) is 23.3 Å². The van der Waals surface area contributed by atoms with Gasteiger partial charge in [0.25, 0.3) is 5.82 Å². The van der Waals surface area contributed by atoms with Crippen molar-refractivity contribution < 1.29 is 4.57 Å². The quantitative estimate of drug-likeness (QED) is 0.658. The van der Waals surface area contributed by atoms with Crippen molar-refractivity contribution in [1.82, 2.24) is 4.98 Å². The Morgan fingerprint density at radius 3 is 3.08 bits per heavy atom. The summed E-state index contributed by atoms with van der Waals surface area (Å²) >= 11 is 0. The highest BCUT2D eigenvalue weighted by molar-refractivity contribution is 5.84. The van der Waals surface area contributed by atoms with Gasteiger partial charge in [0.05, 0.1) is 12.7 Å². The molecular formula is C10H12N3+. The molecular weight excluding hydrogens is 162 g/mol. The summed E-state index contributed by atoms with van der Waals surface area (Å²) < 4.78 is 1.98. The molecule has 2 rings (SSSR count). The van der Waals surface area contributed by atoms with Gasteiger partial charge in [-0.2, -0.15) is 0 Å². The first-order valence-electron chi connectivity index (χ1n) is 4.35. The smallest absolute Gasteiger partial charge is 0.285 e. The highest BCUT2D eigenvalue weighted by Gasteiger charge is 2.07. The molecule has 0 fully saturated rings. The van der Waals surface area contributed by atoms with Gasteiger partial charge in [-0.1, -0.05) is 6.07 Å². The summed E-state index contributed by atoms with van der Waals surface area (Å²) in [5, 5.41) is 1.09. The van der Waals surface area contributed by atoms with Gasteiger partial charge in [-0.05, 0) is 19.1 Å². The van der Waals surface area contributed by atoms with Gasteiger partial charge in [0.15, 0.2) is 5.52 Å². The van der Waals surface area contributed by atoms with Crippen LogP contribution in [-0.2, 0) is 6.54 Å². The number of nitrogen functional groups attached to an aromatic ring is 1. The second-order valence-corrected chi connectivity index (χ2v) is 2.93. The van der Waals surface area contributed by atoms with E-state index in [-0.39, 0.29) is 0 Å². The van der Waals surface area contributed by atoms with Crippen LogP contribution in [-0.4, -0.2) is 4.98 Å². The van der Waals surface area contributed by atoms with E-state index in [1.807, 2.05) is 29.0 Å². The summed E-state index contributed by atoms with van der Waals surface area (Å²) in [4.78, 5) is 4.24. The van der Waals surface area contributed by atoms with E-state index < -0.39 is 0 Å². The summed E-state index contributed by atoms with van der Waals surface area (Å²) in [6, 6.07) is 5.96. The van der Waals surface area contributed by atoms with E-state index in [9.17, 15) is 0 Å². The molecule has 0 aliphatic rings. The SMILES string of the molecule is CC[n+]1ccc2cccnc2c1N. The zero-order valence-electron chi connectivity index (χ0n) is 7.57. The Balaban J connectivity index is 2.79. The molecule has 2 heterocycles. The number of fused-ring (bicyclic) bond motifs is 1. The summed E-state index contributed by atoms with van der Waals surface area (Å²) in [6.45, 7) is 2.93. The van der Waals surface area contributed by atoms with Crippen LogP contribution in [0.15, 0.2) is 30.6 Å². The number of rotatable bonds is 1. The van der Waals surface area contributed by atoms with Crippen LogP contribution < -0.4 is 10.3 Å². The highest BCUT2D eigenvalue weighted by Crippen LogP contribution is 2.12. The minimum absolute atomic E-state index is 0.737. The van der Waals surface area contributed by atoms with E-state index in [2.05, 4.69) is 11.9 Å². The second-order valence-electron chi connectivity index (χ2n) is 2.93. The van der Waals surface area contributed by atoms with E-state index in [1.54, 1.807) is 6.20 Å². The number of aromatic nitrogens is 2. The Kier molecular flexibility index (Phi) is 1.85. The zero-order chi connectivity index (χ0) is 9.26. The molecule has 2 N–H and O–H groups in total. The third-order valence-electron chi connectivity index (χ3n) is 2.17. The van der Waals surface area contributed by atoms with Gasteiger partial charge in [-0.3, -0.25) is 5.73 Å². The fourth-order valence-corrected chi connectivity index (χ4v) is 1.43. The second kappa shape index (κ2) is 3.01. The lowest BCUT2D eigenvalue weighted by atomic mass is 10.2. The number of pyridine rings is 2. The average molecular weight is 174 g/mol. The van der Waals surface area contributed by atoms with Crippen LogP contribution in [0.3, 0.4) is 0 Å². The van der Waals surface area contributed by atoms with Gasteiger partial charge in [0.2, 0.25) is 0 Å². The number of nitrogens with zero attached hydrogens (tertiary/aromatic N) is 2. The summed E-state index contributed by atoms with van der Waals surface area (Å²) in [5.74, 6) is 0.737. The molecule has 2 aromatic heterocycles. The number of anilines is 1. The largest absolute Gasteiger partial charge is 0.299 e. The Morgan fingerprint density at radius 2 is 2.31 bits per heavy atom. The van der Waals surface area contributed by atoms with Gasteiger partial charge in [-0.15, -0.1) is 0 Å². The molecule has 3 nitrogen and oxygen atoms in total. The molecule has 0 unspecified atom stereocenters. The standard InChI is InChI=1S/C10H11N3/c1-2-13-7-5-8-4-3-6-12-9(8)10(13)11/h3-7,11H,2H2,1H3/p+1. The van der Waals surface area contributed by atoms with Crippen molar-refractivity contribution in [2.24, 2.45) is 0 Å². The average Bonchev–Trinajstić information content (AvgIpc) is 2.19. The lowest BCUT2D eigenvalue weighted by molar-refractivity contribution is -0.678. The molecule has 13 heavy (non-hydrogen) atoms. The van der Waals surface area contributed by atoms with Crippen LogP contribution in [0.1, 0.15) is 6.92 Å². The van der Waals surface area contributed by atoms with Crippen LogP contribution in [0.4, 0.5) is 5.82 Å². The van der Waals surface area contributed by atoms with Crippen LogP contribution in [0.25, 0.3) is 10.9 Å². The minimum atomic E-state index is 0.737. The van der Waals surface area contributed by atoms with E-state index in [4.69, 9.17) is 5.73 Å². The van der Waals surface area contributed by atoms with Gasteiger partial charge in [-0.25, -0.2) is 9.55 Å². The molecule has 0 saturated carbocycles. The Morgan fingerprint density at radius 1 is 1.46 bits per heavy atom. The van der Waals surface area contributed by atoms with Crippen LogP contribution in [0.2, 0.25) is 0 Å². The van der Waals surface area contributed by atoms with Gasteiger partial charge >= 0.3 is 0 Å².